The van der Waals surface area contributed by atoms with Crippen LogP contribution in [-0.2, 0) is 0 Å². The number of hydrogen-bond donors (Lipinski definition) is 1. The van der Waals surface area contributed by atoms with Crippen LogP contribution in [0.2, 0.25) is 0 Å². The lowest BCUT2D eigenvalue weighted by atomic mass is 10.3. The Hall–Kier alpha value is -0.570. The summed E-state index contributed by atoms with van der Waals surface area (Å²) in [6.07, 6.45) is -0.405. The summed E-state index contributed by atoms with van der Waals surface area (Å²) in [7, 11) is 0. The molecule has 48 valence electrons. The van der Waals surface area contributed by atoms with Gasteiger partial charge < -0.3 is 5.73 Å². The number of nitrogens with two attached hydrogens (primary N) is 1. The van der Waals surface area contributed by atoms with Crippen molar-refractivity contribution in [1.82, 2.24) is 4.98 Å². The van der Waals surface area contributed by atoms with Crippen LogP contribution in [0.5, 0.6) is 0 Å². The van der Waals surface area contributed by atoms with Crippen LogP contribution in [-0.4, -0.2) is 4.98 Å². The summed E-state index contributed by atoms with van der Waals surface area (Å²) in [5.74, 6) is 0. The zero-order valence-corrected chi connectivity index (χ0v) is 5.99. The van der Waals surface area contributed by atoms with Crippen LogP contribution in [0.15, 0.2) is 16.8 Å². The van der Waals surface area contributed by atoms with Crippen LogP contribution in [0.4, 0.5) is 5.69 Å². The van der Waals surface area contributed by atoms with E-state index in [1.165, 1.54) is 0 Å². The average molecular weight is 192 g/mol. The van der Waals surface area contributed by atoms with Gasteiger partial charge in [-0.3, -0.25) is 0 Å². The van der Waals surface area contributed by atoms with Gasteiger partial charge in [-0.2, -0.15) is 0 Å². The summed E-state index contributed by atoms with van der Waals surface area (Å²) in [4.78, 5) is 3.57. The Morgan fingerprint density at radius 2 is 2.78 bits per heavy atom. The minimum absolute atomic E-state index is 0.0876. The average Bonchev–Trinajstić information content (AvgIpc) is 1.98. The van der Waals surface area contributed by atoms with E-state index in [0.29, 0.717) is 0 Å². The second-order valence-corrected chi connectivity index (χ2v) is 2.18. The maximum Gasteiger partial charge on any atom is 0.129 e. The Labute approximate surface area is 69.2 Å². The number of anilines is 1. The van der Waals surface area contributed by atoms with Gasteiger partial charge in [-0.05, 0) is 34.4 Å². The van der Waals surface area contributed by atoms with E-state index in [1.807, 2.05) is 0 Å². The molecule has 0 aliphatic heterocycles. The minimum Gasteiger partial charge on any atom is -0.396 e. The number of aromatic nitrogens is 1. The third-order valence-electron chi connectivity index (χ3n) is 0.827. The third-order valence-corrected chi connectivity index (χ3v) is 1.43. The first-order valence-electron chi connectivity index (χ1n) is 4.67. The fraction of sp³-hybridized carbons (Fsp3) is 0.167. The highest BCUT2D eigenvalue weighted by Crippen LogP contribution is 2.18. The standard InChI is InChI=1S/C6H7BrN2/c1-4-2-3-9-6(7)5(4)8/h2-3H,8H2,1H3/i1D3,2D,3D. The molecule has 2 nitrogen and oxygen atoms in total. The molecule has 0 amide bonds. The molecule has 0 unspecified atom stereocenters. The maximum atomic E-state index is 7.38. The van der Waals surface area contributed by atoms with Crippen molar-refractivity contribution in [2.75, 3.05) is 5.73 Å². The van der Waals surface area contributed by atoms with E-state index >= 15 is 0 Å². The van der Waals surface area contributed by atoms with E-state index < -0.39 is 19.1 Å². The van der Waals surface area contributed by atoms with E-state index in [2.05, 4.69) is 20.9 Å². The van der Waals surface area contributed by atoms with Crippen LogP contribution >= 0.6 is 15.9 Å². The molecule has 2 N–H and O–H groups in total. The highest BCUT2D eigenvalue weighted by molar-refractivity contribution is 9.10. The predicted octanol–water partition coefficient (Wildman–Crippen LogP) is 1.73. The summed E-state index contributed by atoms with van der Waals surface area (Å²) in [5.41, 5.74) is 5.03. The number of hydrogen-bond acceptors (Lipinski definition) is 2. The highest BCUT2D eigenvalue weighted by atomic mass is 79.9. The van der Waals surface area contributed by atoms with Gasteiger partial charge in [-0.15, -0.1) is 0 Å². The molecule has 0 saturated carbocycles. The summed E-state index contributed by atoms with van der Waals surface area (Å²) < 4.78 is 36.2. The number of rotatable bonds is 0. The molecule has 1 aromatic heterocycles. The summed E-state index contributed by atoms with van der Waals surface area (Å²) in [6.45, 7) is -2.50. The van der Waals surface area contributed by atoms with Gasteiger partial charge in [0.05, 0.1) is 8.43 Å². The molecule has 0 radical (unpaired) electrons. The van der Waals surface area contributed by atoms with Crippen molar-refractivity contribution in [3.05, 3.63) is 22.4 Å². The Morgan fingerprint density at radius 3 is 3.44 bits per heavy atom. The highest BCUT2D eigenvalue weighted by Gasteiger charge is 1.96. The molecule has 0 aliphatic rings. The predicted molar refractivity (Wildman–Crippen MR) is 41.1 cm³/mol. The van der Waals surface area contributed by atoms with Gasteiger partial charge in [0.1, 0.15) is 4.60 Å². The molecular formula is C6H7BrN2. The zero-order chi connectivity index (χ0) is 11.1. The van der Waals surface area contributed by atoms with Crippen molar-refractivity contribution in [3.8, 4) is 0 Å². The second-order valence-electron chi connectivity index (χ2n) is 1.43. The van der Waals surface area contributed by atoms with E-state index in [4.69, 9.17) is 12.6 Å². The maximum absolute atomic E-state index is 7.38. The van der Waals surface area contributed by atoms with Crippen LogP contribution < -0.4 is 5.73 Å². The second kappa shape index (κ2) is 2.35. The first-order chi connectivity index (χ1) is 6.25. The lowest BCUT2D eigenvalue weighted by Gasteiger charge is -1.98. The van der Waals surface area contributed by atoms with Gasteiger partial charge in [0.2, 0.25) is 0 Å². The minimum atomic E-state index is -2.50. The Morgan fingerprint density at radius 1 is 2.00 bits per heavy atom. The topological polar surface area (TPSA) is 38.9 Å². The Kier molecular flexibility index (Phi) is 0.674. The van der Waals surface area contributed by atoms with Crippen LogP contribution in [0.25, 0.3) is 0 Å². The lowest BCUT2D eigenvalue weighted by Crippen LogP contribution is -1.91. The van der Waals surface area contributed by atoms with E-state index in [0.717, 1.165) is 0 Å². The van der Waals surface area contributed by atoms with E-state index in [1.54, 1.807) is 0 Å². The number of halogens is 1. The monoisotopic (exact) mass is 191 g/mol. The fourth-order valence-electron chi connectivity index (χ4n) is 0.364. The summed E-state index contributed by atoms with van der Waals surface area (Å²) >= 11 is 2.93. The fourth-order valence-corrected chi connectivity index (χ4v) is 0.651. The first kappa shape index (κ1) is 2.58. The number of nitrogen functional groups attached to an aromatic ring is 1. The van der Waals surface area contributed by atoms with Crippen molar-refractivity contribution in [2.24, 2.45) is 0 Å². The molecule has 0 saturated heterocycles. The van der Waals surface area contributed by atoms with Gasteiger partial charge in [-0.1, -0.05) is 0 Å². The number of pyridine rings is 1. The Balaban J connectivity index is 3.56. The van der Waals surface area contributed by atoms with Crippen molar-refractivity contribution in [3.63, 3.8) is 0 Å². The lowest BCUT2D eigenvalue weighted by molar-refractivity contribution is 1.25. The molecule has 3 heteroatoms. The SMILES string of the molecule is [2H]c1nc(Br)c(N)c(C([2H])([2H])[2H])c1[2H]. The molecule has 0 aliphatic carbocycles. The molecule has 0 spiro atoms. The van der Waals surface area contributed by atoms with Crippen molar-refractivity contribution < 1.29 is 6.85 Å². The quantitative estimate of drug-likeness (QED) is 0.635. The molecule has 0 aromatic carbocycles. The molecule has 0 fully saturated rings. The van der Waals surface area contributed by atoms with Crippen LogP contribution in [0.1, 0.15) is 12.4 Å². The van der Waals surface area contributed by atoms with Gasteiger partial charge >= 0.3 is 0 Å². The molecule has 1 rings (SSSR count). The van der Waals surface area contributed by atoms with Gasteiger partial charge in [0, 0.05) is 10.3 Å². The van der Waals surface area contributed by atoms with Gasteiger partial charge in [0.15, 0.2) is 0 Å². The Bertz CT molecular complexity index is 349. The molecule has 1 aromatic rings. The summed E-state index contributed by atoms with van der Waals surface area (Å²) in [6, 6.07) is -0.453. The van der Waals surface area contributed by atoms with Crippen molar-refractivity contribution in [2.45, 2.75) is 6.85 Å². The number of nitrogens with zero attached hydrogens (tertiary/aromatic N) is 1. The van der Waals surface area contributed by atoms with E-state index in [-0.39, 0.29) is 15.9 Å². The molecule has 0 atom stereocenters. The van der Waals surface area contributed by atoms with Gasteiger partial charge in [0.25, 0.3) is 0 Å². The van der Waals surface area contributed by atoms with Crippen molar-refractivity contribution in [1.29, 1.82) is 0 Å². The zero-order valence-electron chi connectivity index (χ0n) is 9.40. The third kappa shape index (κ3) is 1.21. The first-order valence-corrected chi connectivity index (χ1v) is 2.97. The van der Waals surface area contributed by atoms with Crippen molar-refractivity contribution >= 4 is 21.6 Å². The van der Waals surface area contributed by atoms with Crippen LogP contribution in [0.3, 0.4) is 0 Å². The van der Waals surface area contributed by atoms with Gasteiger partial charge in [-0.25, -0.2) is 4.98 Å². The van der Waals surface area contributed by atoms with E-state index in [9.17, 15) is 0 Å². The molecular weight excluding hydrogens is 180 g/mol. The molecule has 1 heterocycles. The smallest absolute Gasteiger partial charge is 0.129 e. The van der Waals surface area contributed by atoms with Crippen LogP contribution in [0, 0.1) is 6.85 Å². The summed E-state index contributed by atoms with van der Waals surface area (Å²) in [5, 5.41) is 0. The molecule has 9 heavy (non-hydrogen) atoms. The normalized spacial score (nSPS) is 19.0. The largest absolute Gasteiger partial charge is 0.396 e. The molecule has 0 bridgehead atoms.